The molecule has 0 saturated carbocycles. The van der Waals surface area contributed by atoms with Crippen LogP contribution in [0.1, 0.15) is 52.5 Å². The number of allylic oxidation sites excluding steroid dienone is 1. The molecule has 1 aromatic rings. The molecule has 4 aliphatic rings. The second-order valence-electron chi connectivity index (χ2n) is 12.5. The monoisotopic (exact) mass is 582 g/mol. The quantitative estimate of drug-likeness (QED) is 0.322. The molecule has 226 valence electrons. The summed E-state index contributed by atoms with van der Waals surface area (Å²) in [6, 6.07) is 0.514. The van der Waals surface area contributed by atoms with Gasteiger partial charge in [0.25, 0.3) is 11.8 Å². The van der Waals surface area contributed by atoms with Gasteiger partial charge in [0.2, 0.25) is 5.78 Å². The molecule has 6 N–H and O–H groups in total. The smallest absolute Gasteiger partial charge is 0.257 e. The number of likely N-dealkylation sites (N-methyl/N-ethyl adjacent to an activating group) is 1. The van der Waals surface area contributed by atoms with E-state index in [2.05, 4.69) is 6.92 Å². The third-order valence-electron chi connectivity index (χ3n) is 9.48. The van der Waals surface area contributed by atoms with Crippen molar-refractivity contribution in [2.45, 2.75) is 44.2 Å². The molecule has 1 aromatic carbocycles. The molecule has 12 heteroatoms. The fourth-order valence-corrected chi connectivity index (χ4v) is 7.24. The molecule has 2 amide bonds. The summed E-state index contributed by atoms with van der Waals surface area (Å²) in [5.74, 6) is -7.21. The van der Waals surface area contributed by atoms with Gasteiger partial charge in [0.15, 0.2) is 11.4 Å². The Morgan fingerprint density at radius 3 is 2.24 bits per heavy atom. The first kappa shape index (κ1) is 29.6. The molecule has 0 unspecified atom stereocenters. The van der Waals surface area contributed by atoms with Gasteiger partial charge in [0, 0.05) is 44.4 Å². The van der Waals surface area contributed by atoms with E-state index in [1.807, 2.05) is 0 Å². The van der Waals surface area contributed by atoms with E-state index < -0.39 is 69.7 Å². The Morgan fingerprint density at radius 1 is 1.07 bits per heavy atom. The molecule has 1 heterocycles. The first-order valence-corrected chi connectivity index (χ1v) is 14.1. The molecule has 0 radical (unpaired) electrons. The Balaban J connectivity index is 1.68. The summed E-state index contributed by atoms with van der Waals surface area (Å²) in [7, 11) is 6.67. The van der Waals surface area contributed by atoms with Crippen molar-refractivity contribution >= 4 is 29.1 Å². The van der Waals surface area contributed by atoms with Crippen LogP contribution in [0.2, 0.25) is 0 Å². The molecular weight excluding hydrogens is 544 g/mol. The highest BCUT2D eigenvalue weighted by molar-refractivity contribution is 6.25. The Hall–Kier alpha value is -3.90. The SMILES string of the molecule is CC1CCN(C(=O)c2cc(N(C)C)c3c(c2O)C(=O)C2=C(O)[C@]4(O)C(=O)C(C(N)=O)=C(O)[C@@H](N(C)C)[C@@H]4C[C@@H]2C3)CC1. The van der Waals surface area contributed by atoms with Gasteiger partial charge in [-0.1, -0.05) is 6.92 Å². The molecule has 4 atom stereocenters. The van der Waals surface area contributed by atoms with Crippen LogP contribution in [-0.4, -0.2) is 107 Å². The van der Waals surface area contributed by atoms with Gasteiger partial charge in [-0.3, -0.25) is 24.1 Å². The fraction of sp³-hybridized carbons (Fsp3) is 0.533. The topological polar surface area (TPSA) is 185 Å². The summed E-state index contributed by atoms with van der Waals surface area (Å²) in [5, 5.41) is 45.7. The normalized spacial score (nSPS) is 28.1. The van der Waals surface area contributed by atoms with Gasteiger partial charge in [0.1, 0.15) is 22.8 Å². The van der Waals surface area contributed by atoms with E-state index in [4.69, 9.17) is 5.73 Å². The Kier molecular flexibility index (Phi) is 7.13. The van der Waals surface area contributed by atoms with E-state index in [0.29, 0.717) is 30.3 Å². The number of anilines is 1. The number of rotatable bonds is 4. The van der Waals surface area contributed by atoms with Gasteiger partial charge in [-0.05, 0) is 63.2 Å². The number of nitrogens with zero attached hydrogens (tertiary/aromatic N) is 3. The van der Waals surface area contributed by atoms with E-state index in [1.165, 1.54) is 4.90 Å². The zero-order chi connectivity index (χ0) is 31.0. The zero-order valence-electron chi connectivity index (χ0n) is 24.5. The summed E-state index contributed by atoms with van der Waals surface area (Å²) < 4.78 is 0. The molecule has 1 aliphatic heterocycles. The van der Waals surface area contributed by atoms with Crippen molar-refractivity contribution in [3.8, 4) is 5.75 Å². The average Bonchev–Trinajstić information content (AvgIpc) is 2.90. The maximum atomic E-state index is 14.2. The molecule has 5 rings (SSSR count). The van der Waals surface area contributed by atoms with Crippen LogP contribution in [0.15, 0.2) is 28.7 Å². The van der Waals surface area contributed by atoms with Crippen molar-refractivity contribution in [2.75, 3.05) is 46.2 Å². The molecule has 3 aliphatic carbocycles. The van der Waals surface area contributed by atoms with Gasteiger partial charge in [0.05, 0.1) is 17.2 Å². The number of primary amides is 1. The predicted octanol–water partition coefficient (Wildman–Crippen LogP) is 1.06. The fourth-order valence-electron chi connectivity index (χ4n) is 7.24. The van der Waals surface area contributed by atoms with Crippen molar-refractivity contribution in [3.63, 3.8) is 0 Å². The minimum absolute atomic E-state index is 0.00790. The zero-order valence-corrected chi connectivity index (χ0v) is 24.5. The summed E-state index contributed by atoms with van der Waals surface area (Å²) in [6.45, 7) is 3.14. The van der Waals surface area contributed by atoms with Crippen LogP contribution in [0.3, 0.4) is 0 Å². The summed E-state index contributed by atoms with van der Waals surface area (Å²) in [6.07, 6.45) is 1.77. The van der Waals surface area contributed by atoms with Crippen LogP contribution in [-0.2, 0) is 16.0 Å². The minimum Gasteiger partial charge on any atom is -0.510 e. The lowest BCUT2D eigenvalue weighted by atomic mass is 9.58. The van der Waals surface area contributed by atoms with Crippen LogP contribution in [0.5, 0.6) is 5.75 Å². The minimum atomic E-state index is -2.72. The maximum Gasteiger partial charge on any atom is 0.257 e. The second kappa shape index (κ2) is 10.1. The lowest BCUT2D eigenvalue weighted by Crippen LogP contribution is -2.63. The Bertz CT molecular complexity index is 1470. The highest BCUT2D eigenvalue weighted by Gasteiger charge is 2.63. The van der Waals surface area contributed by atoms with Crippen molar-refractivity contribution in [1.29, 1.82) is 0 Å². The third-order valence-corrected chi connectivity index (χ3v) is 9.48. The molecule has 0 aromatic heterocycles. The number of ketones is 2. The number of carbonyl (C=O) groups is 4. The van der Waals surface area contributed by atoms with Crippen LogP contribution in [0.25, 0.3) is 0 Å². The Labute approximate surface area is 243 Å². The van der Waals surface area contributed by atoms with E-state index in [9.17, 15) is 39.6 Å². The van der Waals surface area contributed by atoms with Crippen LogP contribution >= 0.6 is 0 Å². The molecule has 12 nitrogen and oxygen atoms in total. The lowest BCUT2D eigenvalue weighted by molar-refractivity contribution is -0.148. The highest BCUT2D eigenvalue weighted by Crippen LogP contribution is 2.53. The van der Waals surface area contributed by atoms with Crippen molar-refractivity contribution in [1.82, 2.24) is 9.80 Å². The van der Waals surface area contributed by atoms with Gasteiger partial charge >= 0.3 is 0 Å². The standard InChI is InChI=1S/C30H38N4O8/c1-13-6-8-34(9-7-13)29(41)16-12-18(32(2)3)15-10-14-11-17-22(33(4)5)25(37)21(28(31)40)27(39)30(17,42)26(38)19(14)24(36)20(15)23(16)35/h12-14,17,22,35,37-38,42H,6-11H2,1-5H3,(H2,31,40)/t14-,17-,22-,30-/m0/s1. The number of Topliss-reactive ketones (excluding diaryl/α,β-unsaturated/α-hetero) is 2. The van der Waals surface area contributed by atoms with Crippen LogP contribution < -0.4 is 10.6 Å². The number of nitrogens with two attached hydrogens (primary N) is 1. The number of hydrogen-bond donors (Lipinski definition) is 5. The lowest BCUT2D eigenvalue weighted by Gasteiger charge is -2.50. The van der Waals surface area contributed by atoms with Crippen LogP contribution in [0.4, 0.5) is 5.69 Å². The molecule has 0 bridgehead atoms. The molecule has 1 fully saturated rings. The number of carbonyl (C=O) groups excluding carboxylic acids is 4. The van der Waals surface area contributed by atoms with Gasteiger partial charge in [-0.2, -0.15) is 0 Å². The van der Waals surface area contributed by atoms with E-state index in [1.54, 1.807) is 44.1 Å². The van der Waals surface area contributed by atoms with E-state index >= 15 is 0 Å². The number of likely N-dealkylation sites (tertiary alicyclic amines) is 1. The highest BCUT2D eigenvalue weighted by atomic mass is 16.3. The molecule has 0 spiro atoms. The van der Waals surface area contributed by atoms with Gasteiger partial charge in [-0.15, -0.1) is 0 Å². The first-order chi connectivity index (χ1) is 19.6. The van der Waals surface area contributed by atoms with E-state index in [0.717, 1.165) is 12.8 Å². The number of fused-ring (bicyclic) bond motifs is 3. The van der Waals surface area contributed by atoms with Gasteiger partial charge in [-0.25, -0.2) is 0 Å². The third kappa shape index (κ3) is 4.10. The maximum absolute atomic E-state index is 14.2. The molecule has 1 saturated heterocycles. The number of benzene rings is 1. The van der Waals surface area contributed by atoms with Crippen molar-refractivity contribution < 1.29 is 39.6 Å². The average molecular weight is 583 g/mol. The first-order valence-electron chi connectivity index (χ1n) is 14.1. The van der Waals surface area contributed by atoms with Crippen LogP contribution in [0, 0.1) is 17.8 Å². The number of hydrogen-bond acceptors (Lipinski definition) is 10. The van der Waals surface area contributed by atoms with Crippen molar-refractivity contribution in [2.24, 2.45) is 23.5 Å². The molecule has 42 heavy (non-hydrogen) atoms. The Morgan fingerprint density at radius 2 is 1.69 bits per heavy atom. The molecular formula is C30H38N4O8. The summed E-state index contributed by atoms with van der Waals surface area (Å²) >= 11 is 0. The predicted molar refractivity (Wildman–Crippen MR) is 152 cm³/mol. The number of amides is 2. The summed E-state index contributed by atoms with van der Waals surface area (Å²) in [4.78, 5) is 58.3. The van der Waals surface area contributed by atoms with Crippen molar-refractivity contribution in [3.05, 3.63) is 45.4 Å². The number of phenolic OH excluding ortho intramolecular Hbond substituents is 1. The number of aromatic hydroxyl groups is 1. The largest absolute Gasteiger partial charge is 0.510 e. The number of aliphatic hydroxyl groups excluding tert-OH is 2. The summed E-state index contributed by atoms with van der Waals surface area (Å²) in [5.41, 5.74) is 2.36. The second-order valence-corrected chi connectivity index (χ2v) is 12.5. The number of aliphatic hydroxyl groups is 3. The van der Waals surface area contributed by atoms with Gasteiger partial charge < -0.3 is 36.0 Å². The number of phenols is 1. The van der Waals surface area contributed by atoms with E-state index in [-0.39, 0.29) is 29.5 Å². The number of piperidine rings is 1.